The predicted octanol–water partition coefficient (Wildman–Crippen LogP) is 2.82. The van der Waals surface area contributed by atoms with E-state index in [1.165, 1.54) is 6.20 Å². The van der Waals surface area contributed by atoms with E-state index in [0.29, 0.717) is 18.5 Å². The SMILES string of the molecule is CC1OC2(CCN(CCc3cccnc3[N+](=O)[O-])CC2)CN(c2ccccc2)C1=O. The number of nitrogens with zero attached hydrogens (tertiary/aromatic N) is 4. The number of carbonyl (C=O) groups excluding carboxylic acids is 1. The molecule has 2 aliphatic heterocycles. The Morgan fingerprint density at radius 3 is 2.63 bits per heavy atom. The molecule has 0 aliphatic carbocycles. The summed E-state index contributed by atoms with van der Waals surface area (Å²) in [6.45, 7) is 4.78. The van der Waals surface area contributed by atoms with E-state index in [9.17, 15) is 14.9 Å². The number of aromatic nitrogens is 1. The summed E-state index contributed by atoms with van der Waals surface area (Å²) < 4.78 is 6.22. The van der Waals surface area contributed by atoms with Gasteiger partial charge in [-0.1, -0.05) is 18.2 Å². The zero-order valence-corrected chi connectivity index (χ0v) is 17.1. The molecule has 158 valence electrons. The molecule has 2 saturated heterocycles. The van der Waals surface area contributed by atoms with Crippen LogP contribution in [0.1, 0.15) is 25.3 Å². The third kappa shape index (κ3) is 4.20. The van der Waals surface area contributed by atoms with Gasteiger partial charge in [-0.15, -0.1) is 0 Å². The maximum atomic E-state index is 12.7. The molecule has 1 aromatic carbocycles. The molecule has 0 saturated carbocycles. The third-order valence-electron chi connectivity index (χ3n) is 6.06. The molecule has 8 heteroatoms. The molecule has 1 atom stereocenters. The summed E-state index contributed by atoms with van der Waals surface area (Å²) in [4.78, 5) is 31.5. The monoisotopic (exact) mass is 410 g/mol. The number of pyridine rings is 1. The molecule has 0 N–H and O–H groups in total. The quantitative estimate of drug-likeness (QED) is 0.556. The van der Waals surface area contributed by atoms with Gasteiger partial charge in [0.25, 0.3) is 5.91 Å². The number of benzene rings is 1. The average molecular weight is 410 g/mol. The van der Waals surface area contributed by atoms with Gasteiger partial charge in [-0.2, -0.15) is 0 Å². The highest BCUT2D eigenvalue weighted by atomic mass is 16.6. The Morgan fingerprint density at radius 2 is 1.93 bits per heavy atom. The first-order chi connectivity index (χ1) is 14.5. The zero-order chi connectivity index (χ0) is 21.1. The number of nitro groups is 1. The Kier molecular flexibility index (Phi) is 5.78. The van der Waals surface area contributed by atoms with Gasteiger partial charge in [0, 0.05) is 25.3 Å². The lowest BCUT2D eigenvalue weighted by molar-refractivity contribution is -0.390. The van der Waals surface area contributed by atoms with Crippen LogP contribution in [0.5, 0.6) is 0 Å². The average Bonchev–Trinajstić information content (AvgIpc) is 2.77. The van der Waals surface area contributed by atoms with Gasteiger partial charge < -0.3 is 24.7 Å². The Bertz CT molecular complexity index is 912. The van der Waals surface area contributed by atoms with E-state index in [4.69, 9.17) is 4.74 Å². The predicted molar refractivity (Wildman–Crippen MR) is 112 cm³/mol. The molecular weight excluding hydrogens is 384 g/mol. The molecule has 3 heterocycles. The van der Waals surface area contributed by atoms with Gasteiger partial charge in [0.05, 0.1) is 17.7 Å². The normalized spacial score (nSPS) is 21.7. The highest BCUT2D eigenvalue weighted by molar-refractivity contribution is 5.97. The van der Waals surface area contributed by atoms with Crippen molar-refractivity contribution < 1.29 is 14.5 Å². The van der Waals surface area contributed by atoms with Crippen LogP contribution in [0.3, 0.4) is 0 Å². The smallest absolute Gasteiger partial charge is 0.360 e. The Morgan fingerprint density at radius 1 is 1.20 bits per heavy atom. The van der Waals surface area contributed by atoms with Crippen molar-refractivity contribution in [2.75, 3.05) is 31.1 Å². The molecule has 1 spiro atoms. The lowest BCUT2D eigenvalue weighted by Gasteiger charge is -2.49. The van der Waals surface area contributed by atoms with Crippen LogP contribution >= 0.6 is 0 Å². The van der Waals surface area contributed by atoms with Gasteiger partial charge in [0.2, 0.25) is 0 Å². The number of likely N-dealkylation sites (tertiary alicyclic amines) is 1. The lowest BCUT2D eigenvalue weighted by atomic mass is 9.88. The largest absolute Gasteiger partial charge is 0.366 e. The van der Waals surface area contributed by atoms with Crippen molar-refractivity contribution in [1.29, 1.82) is 0 Å². The number of hydrogen-bond acceptors (Lipinski definition) is 6. The van der Waals surface area contributed by atoms with E-state index >= 15 is 0 Å². The molecule has 2 aliphatic rings. The van der Waals surface area contributed by atoms with E-state index in [0.717, 1.165) is 38.2 Å². The van der Waals surface area contributed by atoms with Gasteiger partial charge in [-0.25, -0.2) is 0 Å². The van der Waals surface area contributed by atoms with Crippen LogP contribution in [0.4, 0.5) is 11.5 Å². The van der Waals surface area contributed by atoms with Gasteiger partial charge in [-0.05, 0) is 60.4 Å². The first kappa shape index (κ1) is 20.4. The fraction of sp³-hybridized carbons (Fsp3) is 0.455. The molecular formula is C22H26N4O4. The molecule has 2 aromatic rings. The van der Waals surface area contributed by atoms with Crippen molar-refractivity contribution in [3.63, 3.8) is 0 Å². The van der Waals surface area contributed by atoms with Crippen molar-refractivity contribution in [3.8, 4) is 0 Å². The number of morpholine rings is 1. The van der Waals surface area contributed by atoms with Crippen LogP contribution in [0, 0.1) is 10.1 Å². The Balaban J connectivity index is 1.39. The van der Waals surface area contributed by atoms with Gasteiger partial charge in [-0.3, -0.25) is 4.79 Å². The number of ether oxygens (including phenoxy) is 1. The molecule has 30 heavy (non-hydrogen) atoms. The van der Waals surface area contributed by atoms with Crippen molar-refractivity contribution in [2.45, 2.75) is 37.9 Å². The van der Waals surface area contributed by atoms with E-state index < -0.39 is 11.0 Å². The zero-order valence-electron chi connectivity index (χ0n) is 17.1. The molecule has 1 amide bonds. The minimum atomic E-state index is -0.469. The number of hydrogen-bond donors (Lipinski definition) is 0. The fourth-order valence-corrected chi connectivity index (χ4v) is 4.40. The lowest BCUT2D eigenvalue weighted by Crippen LogP contribution is -2.61. The van der Waals surface area contributed by atoms with Crippen LogP contribution in [0.15, 0.2) is 48.7 Å². The van der Waals surface area contributed by atoms with E-state index in [1.807, 2.05) is 42.2 Å². The van der Waals surface area contributed by atoms with E-state index in [2.05, 4.69) is 9.88 Å². The summed E-state index contributed by atoms with van der Waals surface area (Å²) in [5, 5.41) is 11.2. The van der Waals surface area contributed by atoms with Gasteiger partial charge >= 0.3 is 5.82 Å². The second kappa shape index (κ2) is 8.49. The van der Waals surface area contributed by atoms with Crippen molar-refractivity contribution in [1.82, 2.24) is 9.88 Å². The highest BCUT2D eigenvalue weighted by Crippen LogP contribution is 2.35. The molecule has 1 unspecified atom stereocenters. The molecule has 2 fully saturated rings. The summed E-state index contributed by atoms with van der Waals surface area (Å²) in [5.74, 6) is -0.0643. The number of rotatable bonds is 5. The van der Waals surface area contributed by atoms with Gasteiger partial charge in [0.15, 0.2) is 0 Å². The Labute approximate surface area is 175 Å². The second-order valence-electron chi connectivity index (χ2n) is 8.04. The fourth-order valence-electron chi connectivity index (χ4n) is 4.40. The summed E-state index contributed by atoms with van der Waals surface area (Å²) in [6.07, 6.45) is 3.21. The second-order valence-corrected chi connectivity index (χ2v) is 8.04. The number of piperidine rings is 1. The molecule has 0 bridgehead atoms. The molecule has 1 aromatic heterocycles. The minimum absolute atomic E-state index is 0.00172. The summed E-state index contributed by atoms with van der Waals surface area (Å²) >= 11 is 0. The topological polar surface area (TPSA) is 88.8 Å². The first-order valence-corrected chi connectivity index (χ1v) is 10.3. The number of carbonyl (C=O) groups is 1. The summed E-state index contributed by atoms with van der Waals surface area (Å²) in [6, 6.07) is 13.2. The summed E-state index contributed by atoms with van der Waals surface area (Å²) in [5.41, 5.74) is 1.22. The maximum Gasteiger partial charge on any atom is 0.366 e. The first-order valence-electron chi connectivity index (χ1n) is 10.3. The number of para-hydroxylation sites is 1. The number of anilines is 1. The van der Waals surface area contributed by atoms with Crippen molar-refractivity contribution in [3.05, 3.63) is 64.3 Å². The molecule has 8 nitrogen and oxygen atoms in total. The van der Waals surface area contributed by atoms with E-state index in [1.54, 1.807) is 12.1 Å². The Hall–Kier alpha value is -2.84. The van der Waals surface area contributed by atoms with Crippen LogP contribution in [-0.2, 0) is 16.0 Å². The minimum Gasteiger partial charge on any atom is -0.360 e. The van der Waals surface area contributed by atoms with Crippen LogP contribution in [0.25, 0.3) is 0 Å². The standard InChI is InChI=1S/C22H26N4O4/c1-17-21(27)25(19-7-3-2-4-8-19)16-22(30-17)10-14-24(15-11-22)13-9-18-6-5-12-23-20(18)26(28)29/h2-8,12,17H,9-11,13-16H2,1H3. The van der Waals surface area contributed by atoms with Crippen molar-refractivity contribution in [2.24, 2.45) is 0 Å². The van der Waals surface area contributed by atoms with E-state index in [-0.39, 0.29) is 17.3 Å². The maximum absolute atomic E-state index is 12.7. The molecule has 4 rings (SSSR count). The molecule has 0 radical (unpaired) electrons. The van der Waals surface area contributed by atoms with Crippen molar-refractivity contribution >= 4 is 17.4 Å². The van der Waals surface area contributed by atoms with Gasteiger partial charge in [0.1, 0.15) is 12.3 Å². The number of amides is 1. The van der Waals surface area contributed by atoms with Crippen LogP contribution in [-0.4, -0.2) is 58.6 Å². The van der Waals surface area contributed by atoms with Crippen LogP contribution in [0.2, 0.25) is 0 Å². The highest BCUT2D eigenvalue weighted by Gasteiger charge is 2.45. The third-order valence-corrected chi connectivity index (χ3v) is 6.06. The summed E-state index contributed by atoms with van der Waals surface area (Å²) in [7, 11) is 0. The van der Waals surface area contributed by atoms with Crippen LogP contribution < -0.4 is 4.90 Å².